The number of hydrogen-bond acceptors (Lipinski definition) is 5. The molecule has 0 aromatic heterocycles. The third-order valence-electron chi connectivity index (χ3n) is 4.41. The number of hydrogen-bond donors (Lipinski definition) is 2. The molecule has 0 aliphatic rings. The fourth-order valence-electron chi connectivity index (χ4n) is 2.96. The van der Waals surface area contributed by atoms with E-state index in [1.807, 2.05) is 39.0 Å². The second kappa shape index (κ2) is 12.9. The number of aliphatic carboxylic acids is 1. The van der Waals surface area contributed by atoms with Crippen molar-refractivity contribution in [2.75, 3.05) is 6.61 Å². The maximum Gasteiger partial charge on any atom is 0.407 e. The summed E-state index contributed by atoms with van der Waals surface area (Å²) in [6, 6.07) is 12.5. The van der Waals surface area contributed by atoms with Gasteiger partial charge in [-0.2, -0.15) is 0 Å². The van der Waals surface area contributed by atoms with Crippen LogP contribution in [0.4, 0.5) is 4.79 Å². The number of nitrogens with one attached hydrogen (secondary N) is 1. The van der Waals surface area contributed by atoms with E-state index in [4.69, 9.17) is 30.9 Å². The predicted molar refractivity (Wildman–Crippen MR) is 122 cm³/mol. The van der Waals surface area contributed by atoms with Crippen molar-refractivity contribution < 1.29 is 28.9 Å². The molecular weight excluding hydrogens is 434 g/mol. The maximum atomic E-state index is 12.1. The molecule has 1 amide bonds. The molecule has 0 saturated heterocycles. The Morgan fingerprint density at radius 1 is 1.16 bits per heavy atom. The topological polar surface area (TPSA) is 94.1 Å². The third-order valence-corrected chi connectivity index (χ3v) is 4.76. The van der Waals surface area contributed by atoms with Crippen molar-refractivity contribution in [3.63, 3.8) is 0 Å². The van der Waals surface area contributed by atoms with Crippen molar-refractivity contribution >= 4 is 23.7 Å². The zero-order valence-corrected chi connectivity index (χ0v) is 19.4. The fourth-order valence-corrected chi connectivity index (χ4v) is 3.18. The number of carboxylic acids is 1. The summed E-state index contributed by atoms with van der Waals surface area (Å²) in [6.07, 6.45) is -0.504. The Bertz CT molecular complexity index is 902. The highest BCUT2D eigenvalue weighted by Crippen LogP contribution is 2.25. The lowest BCUT2D eigenvalue weighted by Crippen LogP contribution is -2.24. The Morgan fingerprint density at radius 2 is 1.94 bits per heavy atom. The molecule has 174 valence electrons. The van der Waals surface area contributed by atoms with Gasteiger partial charge in [0.15, 0.2) is 0 Å². The first-order valence-electron chi connectivity index (χ1n) is 10.6. The molecule has 0 fully saturated rings. The molecule has 32 heavy (non-hydrogen) atoms. The van der Waals surface area contributed by atoms with E-state index in [1.165, 1.54) is 0 Å². The summed E-state index contributed by atoms with van der Waals surface area (Å²) in [5.74, 6) is -0.265. The van der Waals surface area contributed by atoms with Crippen LogP contribution in [0.15, 0.2) is 42.5 Å². The van der Waals surface area contributed by atoms with Gasteiger partial charge < -0.3 is 24.6 Å². The minimum absolute atomic E-state index is 0.0294. The number of rotatable bonds is 12. The summed E-state index contributed by atoms with van der Waals surface area (Å²) < 4.78 is 16.5. The van der Waals surface area contributed by atoms with E-state index >= 15 is 0 Å². The van der Waals surface area contributed by atoms with Gasteiger partial charge >= 0.3 is 12.1 Å². The van der Waals surface area contributed by atoms with E-state index in [0.717, 1.165) is 17.5 Å². The van der Waals surface area contributed by atoms with E-state index in [1.54, 1.807) is 24.3 Å². The molecule has 0 radical (unpaired) electrons. The van der Waals surface area contributed by atoms with E-state index in [0.29, 0.717) is 22.9 Å². The van der Waals surface area contributed by atoms with Crippen LogP contribution in [0.3, 0.4) is 0 Å². The minimum atomic E-state index is -0.939. The Hall–Kier alpha value is -2.77. The Morgan fingerprint density at radius 3 is 2.59 bits per heavy atom. The van der Waals surface area contributed by atoms with Crippen LogP contribution in [0, 0.1) is 0 Å². The predicted octanol–water partition coefficient (Wildman–Crippen LogP) is 5.50. The van der Waals surface area contributed by atoms with Crippen molar-refractivity contribution in [2.45, 2.75) is 59.0 Å². The first-order chi connectivity index (χ1) is 15.3. The zero-order valence-electron chi connectivity index (χ0n) is 18.6. The van der Waals surface area contributed by atoms with E-state index in [2.05, 4.69) is 5.32 Å². The van der Waals surface area contributed by atoms with Gasteiger partial charge in [0.25, 0.3) is 0 Å². The van der Waals surface area contributed by atoms with Gasteiger partial charge in [-0.05, 0) is 43.5 Å². The maximum absolute atomic E-state index is 12.1. The molecular formula is C24H30ClNO6. The lowest BCUT2D eigenvalue weighted by atomic mass is 10.0. The van der Waals surface area contributed by atoms with Gasteiger partial charge in [-0.3, -0.25) is 4.79 Å². The van der Waals surface area contributed by atoms with Crippen molar-refractivity contribution in [3.8, 4) is 5.75 Å². The average Bonchev–Trinajstić information content (AvgIpc) is 2.74. The summed E-state index contributed by atoms with van der Waals surface area (Å²) in [5, 5.41) is 12.3. The van der Waals surface area contributed by atoms with Crippen LogP contribution in [0.25, 0.3) is 0 Å². The summed E-state index contributed by atoms with van der Waals surface area (Å²) in [5.41, 5.74) is 2.22. The molecule has 2 aromatic rings. The first kappa shape index (κ1) is 25.5. The zero-order chi connectivity index (χ0) is 23.5. The molecule has 0 heterocycles. The van der Waals surface area contributed by atoms with Crippen LogP contribution < -0.4 is 10.1 Å². The number of carbonyl (C=O) groups excluding carboxylic acids is 1. The number of ether oxygens (including phenoxy) is 3. The minimum Gasteiger partial charge on any atom is -0.494 e. The molecule has 0 saturated carbocycles. The van der Waals surface area contributed by atoms with Crippen LogP contribution >= 0.6 is 11.6 Å². The average molecular weight is 464 g/mol. The first-order valence-corrected chi connectivity index (χ1v) is 10.9. The Kier molecular flexibility index (Phi) is 10.3. The normalized spacial score (nSPS) is 11.8. The van der Waals surface area contributed by atoms with Gasteiger partial charge in [0.05, 0.1) is 30.3 Å². The molecule has 0 aliphatic heterocycles. The number of carbonyl (C=O) groups is 2. The molecule has 8 heteroatoms. The summed E-state index contributed by atoms with van der Waals surface area (Å²) in [7, 11) is 0. The Balaban J connectivity index is 1.90. The smallest absolute Gasteiger partial charge is 0.407 e. The number of carboxylic acid groups (broad SMARTS) is 1. The molecule has 2 rings (SSSR count). The molecule has 2 N–H and O–H groups in total. The van der Waals surface area contributed by atoms with Gasteiger partial charge in [-0.1, -0.05) is 48.9 Å². The molecule has 0 bridgehead atoms. The molecule has 0 spiro atoms. The second-order valence-corrected chi connectivity index (χ2v) is 7.95. The second-order valence-electron chi connectivity index (χ2n) is 7.55. The van der Waals surface area contributed by atoms with Crippen LogP contribution in [0.1, 0.15) is 56.4 Å². The van der Waals surface area contributed by atoms with Crippen LogP contribution in [0.5, 0.6) is 5.75 Å². The quantitative estimate of drug-likeness (QED) is 0.432. The van der Waals surface area contributed by atoms with Gasteiger partial charge in [-0.25, -0.2) is 4.79 Å². The number of amides is 1. The van der Waals surface area contributed by atoms with Crippen LogP contribution in [-0.2, 0) is 27.4 Å². The van der Waals surface area contributed by atoms with Gasteiger partial charge in [0.1, 0.15) is 12.4 Å². The molecule has 0 unspecified atom stereocenters. The highest BCUT2D eigenvalue weighted by Gasteiger charge is 2.18. The Labute approximate surface area is 193 Å². The molecule has 0 aliphatic carbocycles. The van der Waals surface area contributed by atoms with Gasteiger partial charge in [0.2, 0.25) is 0 Å². The van der Waals surface area contributed by atoms with Crippen molar-refractivity contribution in [1.29, 1.82) is 0 Å². The van der Waals surface area contributed by atoms with Crippen molar-refractivity contribution in [2.24, 2.45) is 0 Å². The van der Waals surface area contributed by atoms with E-state index in [9.17, 15) is 9.59 Å². The number of alkyl carbamates (subject to hydrolysis) is 1. The lowest BCUT2D eigenvalue weighted by Gasteiger charge is -2.20. The largest absolute Gasteiger partial charge is 0.494 e. The monoisotopic (exact) mass is 463 g/mol. The summed E-state index contributed by atoms with van der Waals surface area (Å²) >= 11 is 6.24. The van der Waals surface area contributed by atoms with Crippen LogP contribution in [0.2, 0.25) is 5.02 Å². The van der Waals surface area contributed by atoms with Gasteiger partial charge in [-0.15, -0.1) is 0 Å². The fraction of sp³-hybridized carbons (Fsp3) is 0.417. The SMILES string of the molecule is CCCOc1ccc(COC(=O)NCc2cccc([C@H](CC(=O)O)OC(C)C)c2)c(Cl)c1. The molecule has 7 nitrogen and oxygen atoms in total. The number of halogens is 1. The van der Waals surface area contributed by atoms with Gasteiger partial charge in [0, 0.05) is 12.1 Å². The van der Waals surface area contributed by atoms with Crippen molar-refractivity contribution in [1.82, 2.24) is 5.32 Å². The van der Waals surface area contributed by atoms with Crippen LogP contribution in [-0.4, -0.2) is 29.9 Å². The molecule has 2 aromatic carbocycles. The standard InChI is InChI=1S/C24H30ClNO6/c1-4-10-30-20-9-8-19(21(25)12-20)15-31-24(29)26-14-17-6-5-7-18(11-17)22(13-23(27)28)32-16(2)3/h5-9,11-12,16,22H,4,10,13-15H2,1-3H3,(H,26,29)(H,27,28)/t22-/m0/s1. The summed E-state index contributed by atoms with van der Waals surface area (Å²) in [6.45, 7) is 6.60. The van der Waals surface area contributed by atoms with E-state index < -0.39 is 18.2 Å². The number of benzene rings is 2. The third kappa shape index (κ3) is 8.77. The van der Waals surface area contributed by atoms with E-state index in [-0.39, 0.29) is 25.7 Å². The van der Waals surface area contributed by atoms with Crippen molar-refractivity contribution in [3.05, 3.63) is 64.2 Å². The molecule has 1 atom stereocenters. The highest BCUT2D eigenvalue weighted by atomic mass is 35.5. The summed E-state index contributed by atoms with van der Waals surface area (Å²) in [4.78, 5) is 23.3. The lowest BCUT2D eigenvalue weighted by molar-refractivity contribution is -0.141. The highest BCUT2D eigenvalue weighted by molar-refractivity contribution is 6.31.